The first kappa shape index (κ1) is 17.4. The molecule has 23 heavy (non-hydrogen) atoms. The van der Waals surface area contributed by atoms with E-state index in [1.165, 1.54) is 0 Å². The van der Waals surface area contributed by atoms with E-state index < -0.39 is 24.0 Å². The van der Waals surface area contributed by atoms with Crippen molar-refractivity contribution in [3.8, 4) is 0 Å². The number of hydrogen-bond acceptors (Lipinski definition) is 4. The standard InChI is InChI=1S/C17H24N2O4/c1-10(2)7-12(9-15(21)19-23)17(22)18-16-13-6-4-3-5-11(13)8-14(16)20/h3-6,10,12,14,16,20,23H,7-9H2,1-2H3,(H,18,22)(H,19,21)/t12-,14?,16+/m1/s1. The van der Waals surface area contributed by atoms with E-state index in [-0.39, 0.29) is 18.2 Å². The van der Waals surface area contributed by atoms with E-state index in [1.54, 1.807) is 5.48 Å². The van der Waals surface area contributed by atoms with Gasteiger partial charge in [-0.05, 0) is 23.5 Å². The Labute approximate surface area is 135 Å². The van der Waals surface area contributed by atoms with Gasteiger partial charge in [0.25, 0.3) is 0 Å². The summed E-state index contributed by atoms with van der Waals surface area (Å²) in [5, 5.41) is 21.8. The van der Waals surface area contributed by atoms with Crippen molar-refractivity contribution < 1.29 is 19.9 Å². The Balaban J connectivity index is 2.10. The molecule has 0 fully saturated rings. The molecule has 6 heteroatoms. The minimum Gasteiger partial charge on any atom is -0.390 e. The first-order chi connectivity index (χ1) is 10.9. The van der Waals surface area contributed by atoms with E-state index in [2.05, 4.69) is 5.32 Å². The summed E-state index contributed by atoms with van der Waals surface area (Å²) in [4.78, 5) is 24.0. The van der Waals surface area contributed by atoms with Gasteiger partial charge in [0, 0.05) is 18.8 Å². The Morgan fingerprint density at radius 1 is 1.30 bits per heavy atom. The van der Waals surface area contributed by atoms with Crippen molar-refractivity contribution in [1.29, 1.82) is 0 Å². The highest BCUT2D eigenvalue weighted by Gasteiger charge is 2.34. The average Bonchev–Trinajstić information content (AvgIpc) is 2.82. The number of carbonyl (C=O) groups excluding carboxylic acids is 2. The molecule has 1 aliphatic carbocycles. The second-order valence-corrected chi connectivity index (χ2v) is 6.52. The lowest BCUT2D eigenvalue weighted by Gasteiger charge is -2.23. The molecule has 1 aromatic rings. The molecule has 0 saturated heterocycles. The average molecular weight is 320 g/mol. The molecule has 1 aromatic carbocycles. The Morgan fingerprint density at radius 3 is 2.65 bits per heavy atom. The molecule has 6 nitrogen and oxygen atoms in total. The molecule has 4 N–H and O–H groups in total. The minimum absolute atomic E-state index is 0.0784. The summed E-state index contributed by atoms with van der Waals surface area (Å²) in [7, 11) is 0. The topological polar surface area (TPSA) is 98.7 Å². The van der Waals surface area contributed by atoms with E-state index in [0.717, 1.165) is 11.1 Å². The zero-order valence-corrected chi connectivity index (χ0v) is 13.5. The van der Waals surface area contributed by atoms with Crippen molar-refractivity contribution in [3.05, 3.63) is 35.4 Å². The Kier molecular flexibility index (Phi) is 5.74. The van der Waals surface area contributed by atoms with Crippen LogP contribution in [0.25, 0.3) is 0 Å². The summed E-state index contributed by atoms with van der Waals surface area (Å²) in [5.74, 6) is -1.17. The van der Waals surface area contributed by atoms with Gasteiger partial charge in [-0.15, -0.1) is 0 Å². The predicted molar refractivity (Wildman–Crippen MR) is 84.5 cm³/mol. The molecule has 0 bridgehead atoms. The molecule has 0 spiro atoms. The molecule has 0 aromatic heterocycles. The fraction of sp³-hybridized carbons (Fsp3) is 0.529. The molecule has 0 aliphatic heterocycles. The largest absolute Gasteiger partial charge is 0.390 e. The maximum Gasteiger partial charge on any atom is 0.244 e. The third-order valence-electron chi connectivity index (χ3n) is 4.18. The van der Waals surface area contributed by atoms with E-state index in [1.807, 2.05) is 38.1 Å². The summed E-state index contributed by atoms with van der Waals surface area (Å²) >= 11 is 0. The van der Waals surface area contributed by atoms with Crippen molar-refractivity contribution in [3.63, 3.8) is 0 Å². The van der Waals surface area contributed by atoms with Crippen LogP contribution in [0.5, 0.6) is 0 Å². The maximum atomic E-state index is 12.6. The molecule has 2 rings (SSSR count). The number of aliphatic hydroxyl groups excluding tert-OH is 1. The number of amides is 2. The van der Waals surface area contributed by atoms with E-state index >= 15 is 0 Å². The third-order valence-corrected chi connectivity index (χ3v) is 4.18. The van der Waals surface area contributed by atoms with E-state index in [4.69, 9.17) is 5.21 Å². The molecule has 0 heterocycles. The van der Waals surface area contributed by atoms with Crippen LogP contribution in [-0.2, 0) is 16.0 Å². The number of carbonyl (C=O) groups is 2. The highest BCUT2D eigenvalue weighted by atomic mass is 16.5. The highest BCUT2D eigenvalue weighted by Crippen LogP contribution is 2.31. The van der Waals surface area contributed by atoms with Gasteiger partial charge in [-0.2, -0.15) is 0 Å². The first-order valence-corrected chi connectivity index (χ1v) is 7.91. The Bertz CT molecular complexity index is 573. The summed E-state index contributed by atoms with van der Waals surface area (Å²) in [6, 6.07) is 7.17. The second-order valence-electron chi connectivity index (χ2n) is 6.52. The molecule has 3 atom stereocenters. The van der Waals surface area contributed by atoms with Gasteiger partial charge in [-0.3, -0.25) is 14.8 Å². The molecular weight excluding hydrogens is 296 g/mol. The minimum atomic E-state index is -0.664. The molecule has 0 radical (unpaired) electrons. The number of nitrogens with one attached hydrogen (secondary N) is 2. The SMILES string of the molecule is CC(C)C[C@H](CC(=O)NO)C(=O)N[C@H]1c2ccccc2CC1O. The molecule has 2 amide bonds. The van der Waals surface area contributed by atoms with Gasteiger partial charge in [0.05, 0.1) is 12.1 Å². The third kappa shape index (κ3) is 4.30. The van der Waals surface area contributed by atoms with Crippen molar-refractivity contribution in [2.75, 3.05) is 0 Å². The van der Waals surface area contributed by atoms with Crippen LogP contribution in [0.1, 0.15) is 43.9 Å². The lowest BCUT2D eigenvalue weighted by atomic mass is 9.92. The molecule has 0 saturated carbocycles. The molecular formula is C17H24N2O4. The number of hydrogen-bond donors (Lipinski definition) is 4. The summed E-state index contributed by atoms with van der Waals surface area (Å²) in [6.07, 6.45) is 0.296. The highest BCUT2D eigenvalue weighted by molar-refractivity contribution is 5.85. The summed E-state index contributed by atoms with van der Waals surface area (Å²) in [5.41, 5.74) is 3.52. The smallest absolute Gasteiger partial charge is 0.244 e. The van der Waals surface area contributed by atoms with Crippen molar-refractivity contribution in [2.45, 2.75) is 45.3 Å². The summed E-state index contributed by atoms with van der Waals surface area (Å²) < 4.78 is 0. The number of hydroxylamine groups is 1. The van der Waals surface area contributed by atoms with E-state index in [0.29, 0.717) is 12.8 Å². The molecule has 126 valence electrons. The first-order valence-electron chi connectivity index (χ1n) is 7.91. The normalized spacial score (nSPS) is 20.9. The van der Waals surface area contributed by atoms with Crippen LogP contribution in [0.15, 0.2) is 24.3 Å². The monoisotopic (exact) mass is 320 g/mol. The van der Waals surface area contributed by atoms with Crippen LogP contribution >= 0.6 is 0 Å². The van der Waals surface area contributed by atoms with Gasteiger partial charge in [-0.1, -0.05) is 38.1 Å². The van der Waals surface area contributed by atoms with Crippen LogP contribution in [-0.4, -0.2) is 28.2 Å². The van der Waals surface area contributed by atoms with Crippen molar-refractivity contribution >= 4 is 11.8 Å². The van der Waals surface area contributed by atoms with Gasteiger partial charge in [0.1, 0.15) is 0 Å². The number of fused-ring (bicyclic) bond motifs is 1. The van der Waals surface area contributed by atoms with Crippen molar-refractivity contribution in [1.82, 2.24) is 10.8 Å². The fourth-order valence-electron chi connectivity index (χ4n) is 3.14. The number of rotatable bonds is 6. The fourth-order valence-corrected chi connectivity index (χ4v) is 3.14. The van der Waals surface area contributed by atoms with Crippen LogP contribution in [0.2, 0.25) is 0 Å². The van der Waals surface area contributed by atoms with Crippen LogP contribution in [0, 0.1) is 11.8 Å². The van der Waals surface area contributed by atoms with Gasteiger partial charge < -0.3 is 10.4 Å². The van der Waals surface area contributed by atoms with Gasteiger partial charge >= 0.3 is 0 Å². The second kappa shape index (κ2) is 7.57. The zero-order chi connectivity index (χ0) is 17.0. The van der Waals surface area contributed by atoms with Crippen molar-refractivity contribution in [2.24, 2.45) is 11.8 Å². The van der Waals surface area contributed by atoms with Crippen LogP contribution in [0.4, 0.5) is 0 Å². The molecule has 1 unspecified atom stereocenters. The lowest BCUT2D eigenvalue weighted by molar-refractivity contribution is -0.135. The Morgan fingerprint density at radius 2 is 2.00 bits per heavy atom. The lowest BCUT2D eigenvalue weighted by Crippen LogP contribution is -2.39. The number of benzene rings is 1. The van der Waals surface area contributed by atoms with Gasteiger partial charge in [0.15, 0.2) is 0 Å². The van der Waals surface area contributed by atoms with Crippen LogP contribution in [0.3, 0.4) is 0 Å². The zero-order valence-electron chi connectivity index (χ0n) is 13.5. The Hall–Kier alpha value is -1.92. The quantitative estimate of drug-likeness (QED) is 0.469. The van der Waals surface area contributed by atoms with Gasteiger partial charge in [-0.25, -0.2) is 5.48 Å². The summed E-state index contributed by atoms with van der Waals surface area (Å²) in [6.45, 7) is 3.94. The van der Waals surface area contributed by atoms with Crippen LogP contribution < -0.4 is 10.8 Å². The van der Waals surface area contributed by atoms with E-state index in [9.17, 15) is 14.7 Å². The maximum absolute atomic E-state index is 12.6. The predicted octanol–water partition coefficient (Wildman–Crippen LogP) is 1.32. The van der Waals surface area contributed by atoms with Gasteiger partial charge in [0.2, 0.25) is 11.8 Å². The number of aliphatic hydroxyl groups is 1. The molecule has 1 aliphatic rings.